The minimum Gasteiger partial charge on any atom is -0.340 e. The molecule has 0 saturated carbocycles. The van der Waals surface area contributed by atoms with Gasteiger partial charge in [0.25, 0.3) is 0 Å². The molecule has 2 amide bonds. The van der Waals surface area contributed by atoms with Crippen LogP contribution in [-0.2, 0) is 15.3 Å². The van der Waals surface area contributed by atoms with E-state index in [0.717, 1.165) is 38.2 Å². The van der Waals surface area contributed by atoms with Gasteiger partial charge in [-0.25, -0.2) is 0 Å². The van der Waals surface area contributed by atoms with E-state index in [2.05, 4.69) is 31.3 Å². The second-order valence-corrected chi connectivity index (χ2v) is 8.94. The number of hydrogen-bond donors (Lipinski definition) is 1. The van der Waals surface area contributed by atoms with E-state index in [1.54, 1.807) is 11.8 Å². The maximum Gasteiger partial charge on any atom is 0.236 e. The maximum absolute atomic E-state index is 13.3. The number of piperazine rings is 1. The number of amides is 2. The third kappa shape index (κ3) is 5.26. The van der Waals surface area contributed by atoms with E-state index in [-0.39, 0.29) is 29.0 Å². The van der Waals surface area contributed by atoms with Crippen molar-refractivity contribution in [3.05, 3.63) is 35.9 Å². The van der Waals surface area contributed by atoms with E-state index >= 15 is 0 Å². The fraction of sp³-hybridized carbons (Fsp3) is 0.619. The van der Waals surface area contributed by atoms with Crippen molar-refractivity contribution < 1.29 is 9.59 Å². The number of benzene rings is 1. The zero-order valence-electron chi connectivity index (χ0n) is 16.4. The Bertz CT molecular complexity index is 638. The number of nitrogens with one attached hydrogen (secondary N) is 1. The fourth-order valence-electron chi connectivity index (χ4n) is 3.91. The average Bonchev–Trinajstić information content (AvgIpc) is 2.69. The summed E-state index contributed by atoms with van der Waals surface area (Å²) in [5, 5.41) is 3.09. The van der Waals surface area contributed by atoms with Crippen LogP contribution in [0.2, 0.25) is 0 Å². The van der Waals surface area contributed by atoms with Crippen LogP contribution >= 0.6 is 11.8 Å². The summed E-state index contributed by atoms with van der Waals surface area (Å²) < 4.78 is 0. The standard InChI is InChI=1S/C21H31N3O2S/c1-16(2)20(27-15-17-7-4-3-5-8-17)21(26)23-11-6-9-18(14-23)24-12-10-22-13-19(24)25/h3-5,7-8,16,18,20,22H,6,9-15H2,1-2H3. The summed E-state index contributed by atoms with van der Waals surface area (Å²) in [5.41, 5.74) is 1.25. The highest BCUT2D eigenvalue weighted by molar-refractivity contribution is 7.99. The Kier molecular flexibility index (Phi) is 7.19. The van der Waals surface area contributed by atoms with E-state index in [1.807, 2.05) is 28.0 Å². The molecule has 6 heteroatoms. The highest BCUT2D eigenvalue weighted by Gasteiger charge is 2.34. The van der Waals surface area contributed by atoms with Crippen molar-refractivity contribution in [2.75, 3.05) is 32.7 Å². The topological polar surface area (TPSA) is 52.7 Å². The first kappa shape index (κ1) is 20.2. The van der Waals surface area contributed by atoms with Crippen molar-refractivity contribution in [2.24, 2.45) is 5.92 Å². The van der Waals surface area contributed by atoms with Gasteiger partial charge in [-0.2, -0.15) is 0 Å². The van der Waals surface area contributed by atoms with Gasteiger partial charge in [0.15, 0.2) is 0 Å². The molecule has 0 radical (unpaired) electrons. The van der Waals surface area contributed by atoms with Gasteiger partial charge in [-0.15, -0.1) is 11.8 Å². The van der Waals surface area contributed by atoms with Crippen molar-refractivity contribution in [1.29, 1.82) is 0 Å². The first-order valence-electron chi connectivity index (χ1n) is 10.0. The van der Waals surface area contributed by atoms with E-state index < -0.39 is 0 Å². The Labute approximate surface area is 166 Å². The van der Waals surface area contributed by atoms with E-state index in [0.29, 0.717) is 13.1 Å². The van der Waals surface area contributed by atoms with Gasteiger partial charge in [0.2, 0.25) is 11.8 Å². The minimum absolute atomic E-state index is 0.0392. The lowest BCUT2D eigenvalue weighted by Crippen LogP contribution is -2.58. The van der Waals surface area contributed by atoms with Gasteiger partial charge in [-0.3, -0.25) is 9.59 Å². The summed E-state index contributed by atoms with van der Waals surface area (Å²) in [7, 11) is 0. The maximum atomic E-state index is 13.3. The number of thioether (sulfide) groups is 1. The fourth-order valence-corrected chi connectivity index (χ4v) is 5.15. The zero-order chi connectivity index (χ0) is 19.2. The summed E-state index contributed by atoms with van der Waals surface area (Å²) in [5.74, 6) is 1.54. The van der Waals surface area contributed by atoms with Crippen LogP contribution in [0.15, 0.2) is 30.3 Å². The van der Waals surface area contributed by atoms with Crippen LogP contribution in [0, 0.1) is 5.92 Å². The lowest BCUT2D eigenvalue weighted by molar-refractivity contribution is -0.140. The summed E-state index contributed by atoms with van der Waals surface area (Å²) in [6.07, 6.45) is 1.97. The molecule has 2 unspecified atom stereocenters. The highest BCUT2D eigenvalue weighted by atomic mass is 32.2. The van der Waals surface area contributed by atoms with Gasteiger partial charge in [-0.1, -0.05) is 44.2 Å². The van der Waals surface area contributed by atoms with Crippen molar-refractivity contribution in [2.45, 2.75) is 43.7 Å². The van der Waals surface area contributed by atoms with Crippen molar-refractivity contribution in [3.8, 4) is 0 Å². The van der Waals surface area contributed by atoms with Crippen LogP contribution in [0.4, 0.5) is 0 Å². The third-order valence-electron chi connectivity index (χ3n) is 5.40. The minimum atomic E-state index is -0.0392. The second-order valence-electron chi connectivity index (χ2n) is 7.81. The Morgan fingerprint density at radius 2 is 2.04 bits per heavy atom. The van der Waals surface area contributed by atoms with E-state index in [4.69, 9.17) is 0 Å². The van der Waals surface area contributed by atoms with Gasteiger partial charge < -0.3 is 15.1 Å². The lowest BCUT2D eigenvalue weighted by Gasteiger charge is -2.42. The molecule has 0 bridgehead atoms. The van der Waals surface area contributed by atoms with E-state index in [9.17, 15) is 9.59 Å². The largest absolute Gasteiger partial charge is 0.340 e. The van der Waals surface area contributed by atoms with Crippen LogP contribution in [0.5, 0.6) is 0 Å². The molecule has 2 fully saturated rings. The first-order valence-corrected chi connectivity index (χ1v) is 11.1. The molecule has 2 atom stereocenters. The average molecular weight is 390 g/mol. The van der Waals surface area contributed by atoms with Crippen molar-refractivity contribution in [1.82, 2.24) is 15.1 Å². The molecule has 3 rings (SSSR count). The first-order chi connectivity index (χ1) is 13.1. The number of nitrogens with zero attached hydrogens (tertiary/aromatic N) is 2. The van der Waals surface area contributed by atoms with Gasteiger partial charge in [0.05, 0.1) is 11.8 Å². The molecule has 0 aromatic heterocycles. The summed E-state index contributed by atoms with van der Waals surface area (Å²) in [6.45, 7) is 7.76. The number of hydrogen-bond acceptors (Lipinski definition) is 4. The molecule has 2 aliphatic heterocycles. The number of piperidine rings is 1. The predicted molar refractivity (Wildman–Crippen MR) is 111 cm³/mol. The van der Waals surface area contributed by atoms with Crippen LogP contribution in [0.3, 0.4) is 0 Å². The molecule has 1 N–H and O–H groups in total. The molecule has 0 spiro atoms. The van der Waals surface area contributed by atoms with Crippen LogP contribution in [0.25, 0.3) is 0 Å². The Hall–Kier alpha value is -1.53. The van der Waals surface area contributed by atoms with Crippen LogP contribution < -0.4 is 5.32 Å². The molecule has 0 aliphatic carbocycles. The molecule has 5 nitrogen and oxygen atoms in total. The zero-order valence-corrected chi connectivity index (χ0v) is 17.2. The Morgan fingerprint density at radius 3 is 2.74 bits per heavy atom. The lowest BCUT2D eigenvalue weighted by atomic mass is 10.0. The Balaban J connectivity index is 1.61. The molecule has 2 saturated heterocycles. The number of likely N-dealkylation sites (tertiary alicyclic amines) is 1. The molecule has 148 valence electrons. The van der Waals surface area contributed by atoms with Gasteiger partial charge in [-0.05, 0) is 24.3 Å². The summed E-state index contributed by atoms with van der Waals surface area (Å²) >= 11 is 1.74. The third-order valence-corrected chi connectivity index (χ3v) is 7.00. The smallest absolute Gasteiger partial charge is 0.236 e. The van der Waals surface area contributed by atoms with E-state index in [1.165, 1.54) is 5.56 Å². The van der Waals surface area contributed by atoms with Crippen molar-refractivity contribution in [3.63, 3.8) is 0 Å². The summed E-state index contributed by atoms with van der Waals surface area (Å²) in [6, 6.07) is 10.5. The molecular formula is C21H31N3O2S. The number of carbonyl (C=O) groups excluding carboxylic acids is 2. The van der Waals surface area contributed by atoms with Gasteiger partial charge >= 0.3 is 0 Å². The SMILES string of the molecule is CC(C)C(SCc1ccccc1)C(=O)N1CCCC(N2CCNCC2=O)C1. The monoisotopic (exact) mass is 389 g/mol. The van der Waals surface area contributed by atoms with Gasteiger partial charge in [0, 0.05) is 38.0 Å². The quantitative estimate of drug-likeness (QED) is 0.812. The number of carbonyl (C=O) groups is 2. The van der Waals surface area contributed by atoms with Crippen LogP contribution in [0.1, 0.15) is 32.3 Å². The molecule has 1 aromatic rings. The molecule has 2 aliphatic rings. The number of rotatable bonds is 6. The predicted octanol–water partition coefficient (Wildman–Crippen LogP) is 2.37. The molecule has 2 heterocycles. The van der Waals surface area contributed by atoms with Crippen molar-refractivity contribution >= 4 is 23.6 Å². The molecule has 27 heavy (non-hydrogen) atoms. The highest BCUT2D eigenvalue weighted by Crippen LogP contribution is 2.27. The summed E-state index contributed by atoms with van der Waals surface area (Å²) in [4.78, 5) is 29.5. The normalized spacial score (nSPS) is 22.2. The second kappa shape index (κ2) is 9.60. The molecule has 1 aromatic carbocycles. The Morgan fingerprint density at radius 1 is 1.26 bits per heavy atom. The molecular weight excluding hydrogens is 358 g/mol. The van der Waals surface area contributed by atoms with Gasteiger partial charge in [0.1, 0.15) is 0 Å². The van der Waals surface area contributed by atoms with Crippen LogP contribution in [-0.4, -0.2) is 65.6 Å².